The third-order valence-electron chi connectivity index (χ3n) is 2.48. The van der Waals surface area contributed by atoms with Crippen LogP contribution in [0.1, 0.15) is 24.0 Å². The molecule has 1 rings (SSSR count). The van der Waals surface area contributed by atoms with Crippen LogP contribution < -0.4 is 10.5 Å². The molecule has 0 aromatic heterocycles. The molecule has 0 atom stereocenters. The number of halogens is 1. The number of aryl methyl sites for hydroxylation is 2. The molecule has 0 unspecified atom stereocenters. The first-order chi connectivity index (χ1) is 7.20. The average molecular weight is 211 g/mol. The van der Waals surface area contributed by atoms with Crippen molar-refractivity contribution in [1.29, 1.82) is 0 Å². The largest absolute Gasteiger partial charge is 0.493 e. The summed E-state index contributed by atoms with van der Waals surface area (Å²) in [7, 11) is 1.50. The van der Waals surface area contributed by atoms with E-state index in [2.05, 4.69) is 0 Å². The van der Waals surface area contributed by atoms with Gasteiger partial charge in [-0.1, -0.05) is 12.1 Å². The minimum atomic E-state index is -0.247. The lowest BCUT2D eigenvalue weighted by Gasteiger charge is -2.10. The summed E-state index contributed by atoms with van der Waals surface area (Å²) in [4.78, 5) is 0. The van der Waals surface area contributed by atoms with Crippen LogP contribution in [0.5, 0.6) is 5.75 Å². The van der Waals surface area contributed by atoms with Crippen molar-refractivity contribution in [3.8, 4) is 5.75 Å². The molecule has 0 saturated carbocycles. The predicted molar refractivity (Wildman–Crippen MR) is 59.7 cm³/mol. The summed E-state index contributed by atoms with van der Waals surface area (Å²) in [6, 6.07) is 3.71. The van der Waals surface area contributed by atoms with Crippen LogP contribution in [0.15, 0.2) is 12.1 Å². The van der Waals surface area contributed by atoms with Crippen molar-refractivity contribution in [3.05, 3.63) is 29.1 Å². The van der Waals surface area contributed by atoms with Gasteiger partial charge in [0.15, 0.2) is 11.6 Å². The third-order valence-corrected chi connectivity index (χ3v) is 2.48. The van der Waals surface area contributed by atoms with E-state index in [1.54, 1.807) is 13.0 Å². The van der Waals surface area contributed by atoms with E-state index < -0.39 is 0 Å². The summed E-state index contributed by atoms with van der Waals surface area (Å²) in [5, 5.41) is 0. The van der Waals surface area contributed by atoms with Gasteiger partial charge in [-0.05, 0) is 43.9 Å². The highest BCUT2D eigenvalue weighted by Crippen LogP contribution is 2.26. The van der Waals surface area contributed by atoms with E-state index in [4.69, 9.17) is 10.5 Å². The van der Waals surface area contributed by atoms with Crippen LogP contribution in [0, 0.1) is 12.7 Å². The number of methoxy groups -OCH3 is 1. The number of nitrogens with two attached hydrogens (primary N) is 1. The Morgan fingerprint density at radius 1 is 1.33 bits per heavy atom. The maximum atomic E-state index is 13.6. The minimum absolute atomic E-state index is 0.247. The smallest absolute Gasteiger partial charge is 0.168 e. The summed E-state index contributed by atoms with van der Waals surface area (Å²) in [6.07, 6.45) is 2.74. The van der Waals surface area contributed by atoms with Crippen LogP contribution in [-0.4, -0.2) is 13.7 Å². The van der Waals surface area contributed by atoms with Crippen LogP contribution in [-0.2, 0) is 6.42 Å². The predicted octanol–water partition coefficient (Wildman–Crippen LogP) is 2.42. The molecular formula is C12H18FNO. The highest BCUT2D eigenvalue weighted by molar-refractivity contribution is 5.39. The lowest BCUT2D eigenvalue weighted by atomic mass is 10.0. The van der Waals surface area contributed by atoms with Crippen LogP contribution in [0.25, 0.3) is 0 Å². The molecule has 0 saturated heterocycles. The Labute approximate surface area is 90.2 Å². The van der Waals surface area contributed by atoms with Crippen molar-refractivity contribution in [2.75, 3.05) is 13.7 Å². The fourth-order valence-corrected chi connectivity index (χ4v) is 1.57. The number of hydrogen-bond donors (Lipinski definition) is 1. The molecule has 2 nitrogen and oxygen atoms in total. The van der Waals surface area contributed by atoms with Gasteiger partial charge >= 0.3 is 0 Å². The fourth-order valence-electron chi connectivity index (χ4n) is 1.57. The van der Waals surface area contributed by atoms with Gasteiger partial charge in [0.1, 0.15) is 0 Å². The number of unbranched alkanes of at least 4 members (excludes halogenated alkanes) is 1. The summed E-state index contributed by atoms with van der Waals surface area (Å²) >= 11 is 0. The lowest BCUT2D eigenvalue weighted by Crippen LogP contribution is -2.01. The molecule has 15 heavy (non-hydrogen) atoms. The Morgan fingerprint density at radius 3 is 2.67 bits per heavy atom. The topological polar surface area (TPSA) is 35.2 Å². The molecule has 1 aromatic carbocycles. The second kappa shape index (κ2) is 5.71. The normalized spacial score (nSPS) is 10.4. The number of benzene rings is 1. The molecule has 84 valence electrons. The van der Waals surface area contributed by atoms with Crippen molar-refractivity contribution in [3.63, 3.8) is 0 Å². The van der Waals surface area contributed by atoms with E-state index in [-0.39, 0.29) is 5.82 Å². The molecular weight excluding hydrogens is 193 g/mol. The van der Waals surface area contributed by atoms with Crippen LogP contribution in [0.4, 0.5) is 4.39 Å². The van der Waals surface area contributed by atoms with E-state index in [0.717, 1.165) is 24.8 Å². The van der Waals surface area contributed by atoms with Gasteiger partial charge in [-0.25, -0.2) is 4.39 Å². The molecule has 2 N–H and O–H groups in total. The Hall–Kier alpha value is -1.09. The highest BCUT2D eigenvalue weighted by Gasteiger charge is 2.10. The Kier molecular flexibility index (Phi) is 4.56. The maximum Gasteiger partial charge on any atom is 0.168 e. The van der Waals surface area contributed by atoms with Gasteiger partial charge in [0.2, 0.25) is 0 Å². The number of hydrogen-bond acceptors (Lipinski definition) is 2. The quantitative estimate of drug-likeness (QED) is 0.759. The Bertz CT molecular complexity index is 326. The van der Waals surface area contributed by atoms with Crippen LogP contribution in [0.2, 0.25) is 0 Å². The van der Waals surface area contributed by atoms with Crippen molar-refractivity contribution in [1.82, 2.24) is 0 Å². The zero-order valence-electron chi connectivity index (χ0n) is 9.35. The Balaban J connectivity index is 2.83. The molecule has 0 radical (unpaired) electrons. The summed E-state index contributed by atoms with van der Waals surface area (Å²) in [5.74, 6) is 0.134. The first kappa shape index (κ1) is 12.0. The molecule has 0 bridgehead atoms. The Morgan fingerprint density at radius 2 is 2.07 bits per heavy atom. The second-order valence-electron chi connectivity index (χ2n) is 3.63. The van der Waals surface area contributed by atoms with E-state index in [0.29, 0.717) is 17.9 Å². The molecule has 0 spiro atoms. The molecule has 0 aliphatic carbocycles. The van der Waals surface area contributed by atoms with Gasteiger partial charge < -0.3 is 10.5 Å². The SMILES string of the molecule is COc1c(CCCCN)ccc(C)c1F. The summed E-state index contributed by atoms with van der Waals surface area (Å²) < 4.78 is 18.7. The zero-order valence-corrected chi connectivity index (χ0v) is 9.35. The fraction of sp³-hybridized carbons (Fsp3) is 0.500. The van der Waals surface area contributed by atoms with Gasteiger partial charge in [0.25, 0.3) is 0 Å². The van der Waals surface area contributed by atoms with Gasteiger partial charge in [-0.15, -0.1) is 0 Å². The van der Waals surface area contributed by atoms with E-state index in [1.165, 1.54) is 7.11 Å². The number of ether oxygens (including phenoxy) is 1. The van der Waals surface area contributed by atoms with Crippen LogP contribution in [0.3, 0.4) is 0 Å². The van der Waals surface area contributed by atoms with E-state index in [9.17, 15) is 4.39 Å². The van der Waals surface area contributed by atoms with Gasteiger partial charge in [-0.2, -0.15) is 0 Å². The monoisotopic (exact) mass is 211 g/mol. The zero-order chi connectivity index (χ0) is 11.3. The first-order valence-electron chi connectivity index (χ1n) is 5.22. The first-order valence-corrected chi connectivity index (χ1v) is 5.22. The van der Waals surface area contributed by atoms with Gasteiger partial charge in [0.05, 0.1) is 7.11 Å². The van der Waals surface area contributed by atoms with E-state index >= 15 is 0 Å². The highest BCUT2D eigenvalue weighted by atomic mass is 19.1. The average Bonchev–Trinajstić information content (AvgIpc) is 2.24. The maximum absolute atomic E-state index is 13.6. The van der Waals surface area contributed by atoms with Crippen molar-refractivity contribution in [2.45, 2.75) is 26.2 Å². The standard InChI is InChI=1S/C12H18FNO/c1-9-6-7-10(5-3-4-8-14)12(15-2)11(9)13/h6-7H,3-5,8,14H2,1-2H3. The molecule has 3 heteroatoms. The van der Waals surface area contributed by atoms with Crippen molar-refractivity contribution >= 4 is 0 Å². The molecule has 0 amide bonds. The molecule has 0 fully saturated rings. The van der Waals surface area contributed by atoms with E-state index in [1.807, 2.05) is 6.07 Å². The molecule has 0 aliphatic rings. The van der Waals surface area contributed by atoms with Crippen molar-refractivity contribution in [2.24, 2.45) is 5.73 Å². The number of rotatable bonds is 5. The lowest BCUT2D eigenvalue weighted by molar-refractivity contribution is 0.379. The molecule has 1 aromatic rings. The van der Waals surface area contributed by atoms with Gasteiger partial charge in [-0.3, -0.25) is 0 Å². The van der Waals surface area contributed by atoms with Crippen LogP contribution >= 0.6 is 0 Å². The summed E-state index contributed by atoms with van der Waals surface area (Å²) in [6.45, 7) is 2.41. The second-order valence-corrected chi connectivity index (χ2v) is 3.63. The summed E-state index contributed by atoms with van der Waals surface area (Å²) in [5.41, 5.74) is 6.96. The minimum Gasteiger partial charge on any atom is -0.493 e. The third kappa shape index (κ3) is 2.93. The molecule has 0 aliphatic heterocycles. The van der Waals surface area contributed by atoms with Gasteiger partial charge in [0, 0.05) is 0 Å². The molecule has 0 heterocycles. The van der Waals surface area contributed by atoms with Crippen molar-refractivity contribution < 1.29 is 9.13 Å².